The molecule has 0 heterocycles. The van der Waals surface area contributed by atoms with E-state index in [9.17, 15) is 9.59 Å². The van der Waals surface area contributed by atoms with Crippen molar-refractivity contribution in [3.05, 3.63) is 48.0 Å². The summed E-state index contributed by atoms with van der Waals surface area (Å²) in [4.78, 5) is 23.0. The molecule has 142 valence electrons. The van der Waals surface area contributed by atoms with Gasteiger partial charge in [-0.1, -0.05) is 6.07 Å². The molecule has 2 aromatic carbocycles. The van der Waals surface area contributed by atoms with E-state index >= 15 is 0 Å². The van der Waals surface area contributed by atoms with Crippen LogP contribution in [0.1, 0.15) is 5.56 Å². The van der Waals surface area contributed by atoms with Crippen LogP contribution in [0.4, 0.5) is 16.2 Å². The number of hydrogen-bond acceptors (Lipinski definition) is 5. The van der Waals surface area contributed by atoms with E-state index in [1.807, 2.05) is 0 Å². The highest BCUT2D eigenvalue weighted by Crippen LogP contribution is 2.38. The van der Waals surface area contributed by atoms with Crippen LogP contribution < -0.4 is 30.6 Å². The summed E-state index contributed by atoms with van der Waals surface area (Å²) < 4.78 is 15.8. The van der Waals surface area contributed by atoms with Crippen LogP contribution in [0.3, 0.4) is 0 Å². The van der Waals surface area contributed by atoms with Gasteiger partial charge in [-0.2, -0.15) is 0 Å². The highest BCUT2D eigenvalue weighted by Gasteiger charge is 2.12. The molecule has 0 spiro atoms. The van der Waals surface area contributed by atoms with Crippen molar-refractivity contribution < 1.29 is 23.8 Å². The summed E-state index contributed by atoms with van der Waals surface area (Å²) in [5.74, 6) is 1.10. The average molecular weight is 371 g/mol. The zero-order chi connectivity index (χ0) is 19.8. The van der Waals surface area contributed by atoms with E-state index in [-0.39, 0.29) is 5.91 Å². The normalized spacial score (nSPS) is 10.3. The summed E-state index contributed by atoms with van der Waals surface area (Å²) >= 11 is 0. The summed E-state index contributed by atoms with van der Waals surface area (Å²) in [5, 5.41) is 5.14. The second-order valence-electron chi connectivity index (χ2n) is 5.35. The monoisotopic (exact) mass is 371 g/mol. The van der Waals surface area contributed by atoms with Crippen LogP contribution in [-0.4, -0.2) is 33.3 Å². The Morgan fingerprint density at radius 1 is 0.926 bits per heavy atom. The first kappa shape index (κ1) is 19.6. The van der Waals surface area contributed by atoms with Gasteiger partial charge in [0.2, 0.25) is 11.7 Å². The fraction of sp³-hybridized carbons (Fsp3) is 0.158. The Labute approximate surface area is 156 Å². The average Bonchev–Trinajstić information content (AvgIpc) is 2.65. The summed E-state index contributed by atoms with van der Waals surface area (Å²) in [6.45, 7) is 0. The highest BCUT2D eigenvalue weighted by atomic mass is 16.5. The quantitative estimate of drug-likeness (QED) is 0.648. The van der Waals surface area contributed by atoms with Gasteiger partial charge in [-0.15, -0.1) is 0 Å². The molecule has 8 nitrogen and oxygen atoms in total. The lowest BCUT2D eigenvalue weighted by molar-refractivity contribution is -0.111. The van der Waals surface area contributed by atoms with Gasteiger partial charge in [-0.05, 0) is 42.0 Å². The molecule has 27 heavy (non-hydrogen) atoms. The molecule has 0 aliphatic carbocycles. The molecule has 2 rings (SSSR count). The molecule has 0 saturated carbocycles. The maximum Gasteiger partial charge on any atom is 0.316 e. The van der Waals surface area contributed by atoms with Gasteiger partial charge < -0.3 is 30.6 Å². The van der Waals surface area contributed by atoms with E-state index in [1.54, 1.807) is 42.5 Å². The number of hydrogen-bond donors (Lipinski definition) is 3. The highest BCUT2D eigenvalue weighted by molar-refractivity contribution is 6.02. The predicted octanol–water partition coefficient (Wildman–Crippen LogP) is 2.85. The molecule has 2 aromatic rings. The molecular weight excluding hydrogens is 350 g/mol. The number of anilines is 2. The predicted molar refractivity (Wildman–Crippen MR) is 103 cm³/mol. The Morgan fingerprint density at radius 3 is 2.04 bits per heavy atom. The molecule has 3 amide bonds. The third-order valence-corrected chi connectivity index (χ3v) is 3.51. The van der Waals surface area contributed by atoms with Crippen LogP contribution in [-0.2, 0) is 4.79 Å². The Bertz CT molecular complexity index is 839. The smallest absolute Gasteiger partial charge is 0.316 e. The van der Waals surface area contributed by atoms with Crippen molar-refractivity contribution in [1.29, 1.82) is 0 Å². The van der Waals surface area contributed by atoms with Gasteiger partial charge >= 0.3 is 6.03 Å². The SMILES string of the molecule is COc1cc(/C=C/C(=O)Nc2cccc(NC(N)=O)c2)cc(OC)c1OC. The zero-order valence-corrected chi connectivity index (χ0v) is 15.2. The van der Waals surface area contributed by atoms with E-state index < -0.39 is 6.03 Å². The van der Waals surface area contributed by atoms with Gasteiger partial charge in [-0.3, -0.25) is 4.79 Å². The zero-order valence-electron chi connectivity index (χ0n) is 15.2. The molecule has 0 saturated heterocycles. The van der Waals surface area contributed by atoms with E-state index in [0.29, 0.717) is 34.2 Å². The minimum Gasteiger partial charge on any atom is -0.493 e. The van der Waals surface area contributed by atoms with E-state index in [2.05, 4.69) is 10.6 Å². The third kappa shape index (κ3) is 5.40. The molecule has 0 unspecified atom stereocenters. The van der Waals surface area contributed by atoms with Crippen molar-refractivity contribution in [2.45, 2.75) is 0 Å². The van der Waals surface area contributed by atoms with E-state index in [4.69, 9.17) is 19.9 Å². The molecule has 0 atom stereocenters. The number of nitrogens with two attached hydrogens (primary N) is 1. The number of urea groups is 1. The Hall–Kier alpha value is -3.68. The van der Waals surface area contributed by atoms with Crippen molar-refractivity contribution in [2.75, 3.05) is 32.0 Å². The van der Waals surface area contributed by atoms with Crippen LogP contribution in [0.2, 0.25) is 0 Å². The summed E-state index contributed by atoms with van der Waals surface area (Å²) in [6.07, 6.45) is 2.99. The number of rotatable bonds is 7. The molecule has 0 bridgehead atoms. The van der Waals surface area contributed by atoms with Crippen molar-refractivity contribution in [1.82, 2.24) is 0 Å². The van der Waals surface area contributed by atoms with Crippen LogP contribution >= 0.6 is 0 Å². The first-order valence-corrected chi connectivity index (χ1v) is 7.92. The van der Waals surface area contributed by atoms with Gasteiger partial charge in [0, 0.05) is 17.5 Å². The second-order valence-corrected chi connectivity index (χ2v) is 5.35. The first-order valence-electron chi connectivity index (χ1n) is 7.92. The van der Waals surface area contributed by atoms with Gasteiger partial charge in [0.1, 0.15) is 0 Å². The molecule has 0 radical (unpaired) electrons. The molecule has 4 N–H and O–H groups in total. The fourth-order valence-corrected chi connectivity index (χ4v) is 2.37. The standard InChI is InChI=1S/C19H21N3O5/c1-25-15-9-12(10-16(26-2)18(15)27-3)7-8-17(23)21-13-5-4-6-14(11-13)22-19(20)24/h4-11H,1-3H3,(H,21,23)(H3,20,22,24)/b8-7+. The van der Waals surface area contributed by atoms with Gasteiger partial charge in [0.05, 0.1) is 21.3 Å². The summed E-state index contributed by atoms with van der Waals surface area (Å²) in [7, 11) is 4.56. The van der Waals surface area contributed by atoms with Crippen LogP contribution in [0.15, 0.2) is 42.5 Å². The molecule has 8 heteroatoms. The second kappa shape index (κ2) is 9.14. The van der Waals surface area contributed by atoms with Crippen LogP contribution in [0.25, 0.3) is 6.08 Å². The number of methoxy groups -OCH3 is 3. The van der Waals surface area contributed by atoms with Gasteiger partial charge in [-0.25, -0.2) is 4.79 Å². The molecule has 0 aromatic heterocycles. The number of benzene rings is 2. The molecule has 0 aliphatic heterocycles. The number of primary amides is 1. The Morgan fingerprint density at radius 2 is 1.52 bits per heavy atom. The number of carbonyl (C=O) groups excluding carboxylic acids is 2. The van der Waals surface area contributed by atoms with Crippen molar-refractivity contribution in [3.8, 4) is 17.2 Å². The van der Waals surface area contributed by atoms with Crippen molar-refractivity contribution in [2.24, 2.45) is 5.73 Å². The minimum atomic E-state index is -0.680. The van der Waals surface area contributed by atoms with E-state index in [0.717, 1.165) is 0 Å². The summed E-state index contributed by atoms with van der Waals surface area (Å²) in [6, 6.07) is 9.40. The van der Waals surface area contributed by atoms with Crippen molar-refractivity contribution >= 4 is 29.4 Å². The number of nitrogens with one attached hydrogen (secondary N) is 2. The van der Waals surface area contributed by atoms with Crippen LogP contribution in [0, 0.1) is 0 Å². The van der Waals surface area contributed by atoms with Crippen LogP contribution in [0.5, 0.6) is 17.2 Å². The lowest BCUT2D eigenvalue weighted by Crippen LogP contribution is -2.19. The van der Waals surface area contributed by atoms with E-state index in [1.165, 1.54) is 27.4 Å². The number of amides is 3. The fourth-order valence-electron chi connectivity index (χ4n) is 2.37. The Balaban J connectivity index is 2.14. The lowest BCUT2D eigenvalue weighted by Gasteiger charge is -2.12. The maximum absolute atomic E-state index is 12.2. The number of carbonyl (C=O) groups is 2. The Kier molecular flexibility index (Phi) is 6.65. The summed E-state index contributed by atoms with van der Waals surface area (Å²) in [5.41, 5.74) is 6.77. The van der Waals surface area contributed by atoms with Gasteiger partial charge in [0.15, 0.2) is 11.5 Å². The topological polar surface area (TPSA) is 112 Å². The molecular formula is C19H21N3O5. The minimum absolute atomic E-state index is 0.347. The molecule has 0 aliphatic rings. The third-order valence-electron chi connectivity index (χ3n) is 3.51. The maximum atomic E-state index is 12.2. The van der Waals surface area contributed by atoms with Crippen molar-refractivity contribution in [3.63, 3.8) is 0 Å². The van der Waals surface area contributed by atoms with Gasteiger partial charge in [0.25, 0.3) is 0 Å². The lowest BCUT2D eigenvalue weighted by atomic mass is 10.1. The first-order chi connectivity index (χ1) is 13.0. The molecule has 0 fully saturated rings. The number of ether oxygens (including phenoxy) is 3. The largest absolute Gasteiger partial charge is 0.493 e.